The van der Waals surface area contributed by atoms with Gasteiger partial charge in [-0.2, -0.15) is 18.2 Å². The molecule has 8 nitrogen and oxygen atoms in total. The largest absolute Gasteiger partial charge is 0.416 e. The number of nitrogens with zero attached hydrogens (tertiary/aromatic N) is 4. The van der Waals surface area contributed by atoms with Gasteiger partial charge in [-0.15, -0.1) is 11.8 Å². The second kappa shape index (κ2) is 13.2. The number of piperazine rings is 1. The predicted molar refractivity (Wildman–Crippen MR) is 168 cm³/mol. The van der Waals surface area contributed by atoms with Crippen LogP contribution in [0.15, 0.2) is 57.6 Å². The third kappa shape index (κ3) is 6.86. The number of thioether (sulfide) groups is 1. The molecule has 1 saturated carbocycles. The Balaban J connectivity index is 0.000000527. The summed E-state index contributed by atoms with van der Waals surface area (Å²) in [7, 11) is 0. The van der Waals surface area contributed by atoms with Crippen LogP contribution >= 0.6 is 11.8 Å². The number of hydrogen-bond acceptors (Lipinski definition) is 6. The maximum Gasteiger partial charge on any atom is 0.416 e. The van der Waals surface area contributed by atoms with Crippen LogP contribution in [-0.2, 0) is 17.5 Å². The van der Waals surface area contributed by atoms with Gasteiger partial charge in [-0.25, -0.2) is 13.6 Å². The minimum Gasteiger partial charge on any atom is -0.352 e. The van der Waals surface area contributed by atoms with E-state index >= 15 is 0 Å². The van der Waals surface area contributed by atoms with E-state index in [4.69, 9.17) is 0 Å². The zero-order valence-electron chi connectivity index (χ0n) is 25.6. The summed E-state index contributed by atoms with van der Waals surface area (Å²) in [5.41, 5.74) is -1.01. The van der Waals surface area contributed by atoms with Gasteiger partial charge in [0.2, 0.25) is 17.4 Å². The number of anilines is 1. The van der Waals surface area contributed by atoms with Gasteiger partial charge in [0.05, 0.1) is 11.1 Å². The second-order valence-corrected chi connectivity index (χ2v) is 13.1. The van der Waals surface area contributed by atoms with Crippen molar-refractivity contribution in [3.63, 3.8) is 0 Å². The first-order chi connectivity index (χ1) is 21.7. The van der Waals surface area contributed by atoms with Gasteiger partial charge in [-0.1, -0.05) is 12.6 Å². The van der Waals surface area contributed by atoms with Crippen molar-refractivity contribution in [1.29, 1.82) is 0 Å². The fourth-order valence-corrected chi connectivity index (χ4v) is 8.05. The van der Waals surface area contributed by atoms with Crippen molar-refractivity contribution in [2.75, 3.05) is 23.7 Å². The van der Waals surface area contributed by atoms with Crippen molar-refractivity contribution >= 4 is 34.4 Å². The maximum absolute atomic E-state index is 14.7. The van der Waals surface area contributed by atoms with E-state index in [0.717, 1.165) is 6.07 Å². The monoisotopic (exact) mass is 665 g/mol. The van der Waals surface area contributed by atoms with E-state index in [1.165, 1.54) is 28.5 Å². The first-order valence-electron chi connectivity index (χ1n) is 15.2. The Bertz CT molecular complexity index is 1700. The lowest BCUT2D eigenvalue weighted by Gasteiger charge is -2.44. The smallest absolute Gasteiger partial charge is 0.352 e. The molecular formula is C32H36F5N5O3S. The third-order valence-electron chi connectivity index (χ3n) is 8.77. The number of carbonyl (C=O) groups is 1. The molecule has 0 bridgehead atoms. The Hall–Kier alpha value is -3.68. The van der Waals surface area contributed by atoms with Gasteiger partial charge in [0.1, 0.15) is 5.82 Å². The summed E-state index contributed by atoms with van der Waals surface area (Å²) >= 11 is 1.27. The normalized spacial score (nSPS) is 21.7. The predicted octanol–water partition coefficient (Wildman–Crippen LogP) is 6.19. The van der Waals surface area contributed by atoms with Crippen LogP contribution in [0.5, 0.6) is 0 Å². The molecule has 2 atom stereocenters. The number of benzene rings is 1. The Morgan fingerprint density at radius 1 is 1.13 bits per heavy atom. The Labute approximate surface area is 266 Å². The van der Waals surface area contributed by atoms with Crippen molar-refractivity contribution in [2.24, 2.45) is 0 Å². The summed E-state index contributed by atoms with van der Waals surface area (Å²) in [6.07, 6.45) is -2.35. The summed E-state index contributed by atoms with van der Waals surface area (Å²) in [6, 6.07) is 5.41. The van der Waals surface area contributed by atoms with E-state index < -0.39 is 42.1 Å². The lowest BCUT2D eigenvalue weighted by Crippen LogP contribution is -2.58. The highest BCUT2D eigenvalue weighted by Crippen LogP contribution is 2.51. The third-order valence-corrected chi connectivity index (χ3v) is 9.96. The molecule has 0 radical (unpaired) electrons. The van der Waals surface area contributed by atoms with Crippen LogP contribution in [0, 0.1) is 0 Å². The highest BCUT2D eigenvalue weighted by molar-refractivity contribution is 7.99. The van der Waals surface area contributed by atoms with Crippen LogP contribution in [0.4, 0.5) is 27.8 Å². The van der Waals surface area contributed by atoms with Crippen LogP contribution in [0.2, 0.25) is 0 Å². The molecule has 2 aliphatic heterocycles. The molecule has 2 unspecified atom stereocenters. The fourth-order valence-electron chi connectivity index (χ4n) is 6.78. The average molecular weight is 666 g/mol. The van der Waals surface area contributed by atoms with Crippen LogP contribution in [0.25, 0.3) is 10.9 Å². The first kappa shape index (κ1) is 33.7. The number of nitrogens with one attached hydrogen (secondary N) is 1. The number of H-pyrrole nitrogens is 1. The van der Waals surface area contributed by atoms with Gasteiger partial charge >= 0.3 is 11.9 Å². The SMILES string of the molecule is C=CC(=O)N1C(C)CN(c2nc(=O)n3c4c(c(C5CCC(F)(F)CC5)c(C(F)(F)F)cc24)SCCC3)CC1C.O=c1cccc[nH]1. The minimum atomic E-state index is -4.72. The number of hydrogen-bond donors (Lipinski definition) is 1. The molecule has 0 spiro atoms. The summed E-state index contributed by atoms with van der Waals surface area (Å²) in [5, 5.41) is 0.221. The Morgan fingerprint density at radius 3 is 2.35 bits per heavy atom. The molecule has 3 aliphatic rings. The highest BCUT2D eigenvalue weighted by Gasteiger charge is 2.43. The topological polar surface area (TPSA) is 91.3 Å². The average Bonchev–Trinajstić information content (AvgIpc) is 3.22. The highest BCUT2D eigenvalue weighted by atomic mass is 32.2. The van der Waals surface area contributed by atoms with E-state index in [-0.39, 0.29) is 66.2 Å². The lowest BCUT2D eigenvalue weighted by molar-refractivity contribution is -0.138. The van der Waals surface area contributed by atoms with E-state index in [0.29, 0.717) is 29.1 Å². The van der Waals surface area contributed by atoms with Gasteiger partial charge in [-0.3, -0.25) is 14.2 Å². The second-order valence-electron chi connectivity index (χ2n) is 12.0. The first-order valence-corrected chi connectivity index (χ1v) is 16.2. The number of carbonyl (C=O) groups excluding carboxylic acids is 1. The molecule has 14 heteroatoms. The molecule has 1 aromatic carbocycles. The van der Waals surface area contributed by atoms with Gasteiger partial charge in [0, 0.05) is 67.1 Å². The number of aryl methyl sites for hydroxylation is 1. The van der Waals surface area contributed by atoms with E-state index in [9.17, 15) is 36.3 Å². The quantitative estimate of drug-likeness (QED) is 0.265. The zero-order valence-corrected chi connectivity index (χ0v) is 26.4. The number of halogens is 5. The number of amides is 1. The van der Waals surface area contributed by atoms with Crippen molar-refractivity contribution in [3.05, 3.63) is 75.1 Å². The van der Waals surface area contributed by atoms with Gasteiger partial charge in [0.15, 0.2) is 0 Å². The van der Waals surface area contributed by atoms with E-state index in [1.54, 1.807) is 28.1 Å². The number of pyridine rings is 1. The standard InChI is InChI=1S/C27H31F5N4O2S.C5H5NO/c1-4-20(37)36-15(2)13-34(14-16(36)3)24-18-12-19(27(30,31)32)21(17-6-8-26(28,29)9-7-17)23-22(18)35(25(38)33-24)10-5-11-39-23;7-5-3-1-2-4-6-5/h4,12,15-17H,1,5-11,13-14H2,2-3H3;1-4H,(H,6,7). The van der Waals surface area contributed by atoms with Crippen LogP contribution < -0.4 is 16.1 Å². The van der Waals surface area contributed by atoms with E-state index in [2.05, 4.69) is 16.5 Å². The Kier molecular flexibility index (Phi) is 9.67. The van der Waals surface area contributed by atoms with Crippen molar-refractivity contribution in [2.45, 2.75) is 87.5 Å². The summed E-state index contributed by atoms with van der Waals surface area (Å²) in [4.78, 5) is 46.5. The molecule has 4 heterocycles. The van der Waals surface area contributed by atoms with Gasteiger partial charge in [-0.05, 0) is 68.6 Å². The number of alkyl halides is 5. The molecule has 2 fully saturated rings. The molecule has 1 saturated heterocycles. The maximum atomic E-state index is 14.7. The number of rotatable bonds is 3. The minimum absolute atomic E-state index is 0.0332. The number of aromatic amines is 1. The fraction of sp³-hybridized carbons (Fsp3) is 0.500. The molecule has 248 valence electrons. The summed E-state index contributed by atoms with van der Waals surface area (Å²) < 4.78 is 73.4. The van der Waals surface area contributed by atoms with Gasteiger partial charge in [0.25, 0.3) is 0 Å². The zero-order chi connectivity index (χ0) is 33.4. The van der Waals surface area contributed by atoms with Crippen LogP contribution in [0.3, 0.4) is 0 Å². The molecule has 6 rings (SSSR count). The van der Waals surface area contributed by atoms with Crippen LogP contribution in [0.1, 0.15) is 63.0 Å². The van der Waals surface area contributed by atoms with Crippen LogP contribution in [-0.4, -0.2) is 62.2 Å². The molecule has 1 aliphatic carbocycles. The summed E-state index contributed by atoms with van der Waals surface area (Å²) in [5.74, 6) is -3.14. The molecular weight excluding hydrogens is 629 g/mol. The molecule has 46 heavy (non-hydrogen) atoms. The van der Waals surface area contributed by atoms with Gasteiger partial charge < -0.3 is 14.8 Å². The molecule has 1 N–H and O–H groups in total. The molecule has 3 aromatic rings. The molecule has 2 aromatic heterocycles. The Morgan fingerprint density at radius 2 is 1.80 bits per heavy atom. The van der Waals surface area contributed by atoms with Crippen molar-refractivity contribution < 1.29 is 26.7 Å². The number of aromatic nitrogens is 3. The lowest BCUT2D eigenvalue weighted by atomic mass is 9.80. The van der Waals surface area contributed by atoms with Crippen molar-refractivity contribution in [1.82, 2.24) is 19.4 Å². The summed E-state index contributed by atoms with van der Waals surface area (Å²) in [6.45, 7) is 8.09. The van der Waals surface area contributed by atoms with E-state index in [1.807, 2.05) is 13.8 Å². The molecule has 1 amide bonds. The van der Waals surface area contributed by atoms with Crippen molar-refractivity contribution in [3.8, 4) is 0 Å².